The predicted molar refractivity (Wildman–Crippen MR) is 90.8 cm³/mol. The van der Waals surface area contributed by atoms with Gasteiger partial charge in [0.2, 0.25) is 0 Å². The van der Waals surface area contributed by atoms with Crippen LogP contribution < -0.4 is 0 Å². The lowest BCUT2D eigenvalue weighted by atomic mass is 10.0. The average molecular weight is 332 g/mol. The Balaban J connectivity index is 2.40. The second kappa shape index (κ2) is 7.87. The summed E-state index contributed by atoms with van der Waals surface area (Å²) in [4.78, 5) is 30.4. The summed E-state index contributed by atoms with van der Waals surface area (Å²) in [6.07, 6.45) is 3.65. The monoisotopic (exact) mass is 332 g/mol. The van der Waals surface area contributed by atoms with Gasteiger partial charge in [0, 0.05) is 36.3 Å². The van der Waals surface area contributed by atoms with Gasteiger partial charge in [-0.2, -0.15) is 0 Å². The summed E-state index contributed by atoms with van der Waals surface area (Å²) in [5.74, 6) is -0.573. The van der Waals surface area contributed by atoms with Crippen LogP contribution in [0.5, 0.6) is 0 Å². The highest BCUT2D eigenvalue weighted by atomic mass is 32.1. The fraction of sp³-hybridized carbons (Fsp3) is 0.353. The molecule has 0 fully saturated rings. The standard InChI is InChI=1S/C17H20N2O3S/c1-4-5-7-19(2)16(20)13-9-12(15-18-6-8-23-15)10-14(11-13)17(21)22-3/h6,8-11H,4-5,7H2,1-3H3. The average Bonchev–Trinajstić information content (AvgIpc) is 3.12. The molecule has 1 aromatic carbocycles. The number of ether oxygens (including phenoxy) is 1. The molecule has 1 heterocycles. The van der Waals surface area contributed by atoms with Crippen molar-refractivity contribution in [3.63, 3.8) is 0 Å². The number of unbranched alkanes of at least 4 members (excludes halogenated alkanes) is 1. The number of esters is 1. The van der Waals surface area contributed by atoms with Crippen molar-refractivity contribution < 1.29 is 14.3 Å². The smallest absolute Gasteiger partial charge is 0.337 e. The van der Waals surface area contributed by atoms with E-state index < -0.39 is 5.97 Å². The molecular weight excluding hydrogens is 312 g/mol. The Morgan fingerprint density at radius 2 is 2.00 bits per heavy atom. The largest absolute Gasteiger partial charge is 0.465 e. The first kappa shape index (κ1) is 17.1. The van der Waals surface area contributed by atoms with Gasteiger partial charge in [-0.25, -0.2) is 9.78 Å². The molecule has 0 N–H and O–H groups in total. The van der Waals surface area contributed by atoms with Crippen molar-refractivity contribution in [1.82, 2.24) is 9.88 Å². The molecule has 6 heteroatoms. The lowest BCUT2D eigenvalue weighted by Gasteiger charge is -2.17. The van der Waals surface area contributed by atoms with Gasteiger partial charge in [0.15, 0.2) is 0 Å². The molecule has 2 rings (SSSR count). The van der Waals surface area contributed by atoms with E-state index in [1.165, 1.54) is 18.4 Å². The molecule has 0 aliphatic carbocycles. The summed E-state index contributed by atoms with van der Waals surface area (Å²) in [5, 5.41) is 2.62. The van der Waals surface area contributed by atoms with Crippen LogP contribution in [0.15, 0.2) is 29.8 Å². The third-order valence-electron chi connectivity index (χ3n) is 3.47. The van der Waals surface area contributed by atoms with E-state index >= 15 is 0 Å². The van der Waals surface area contributed by atoms with Crippen molar-refractivity contribution in [3.8, 4) is 10.6 Å². The van der Waals surface area contributed by atoms with Crippen LogP contribution in [0, 0.1) is 0 Å². The third-order valence-corrected chi connectivity index (χ3v) is 4.30. The van der Waals surface area contributed by atoms with Crippen LogP contribution in [0.25, 0.3) is 10.6 Å². The summed E-state index contributed by atoms with van der Waals surface area (Å²) >= 11 is 1.46. The maximum absolute atomic E-state index is 12.6. The minimum absolute atomic E-state index is 0.109. The second-order valence-electron chi connectivity index (χ2n) is 5.21. The fourth-order valence-corrected chi connectivity index (χ4v) is 2.82. The molecular formula is C17H20N2O3S. The normalized spacial score (nSPS) is 10.4. The number of hydrogen-bond acceptors (Lipinski definition) is 5. The van der Waals surface area contributed by atoms with E-state index in [0.717, 1.165) is 23.4 Å². The van der Waals surface area contributed by atoms with Crippen LogP contribution in [0.2, 0.25) is 0 Å². The molecule has 122 valence electrons. The van der Waals surface area contributed by atoms with E-state index in [2.05, 4.69) is 11.9 Å². The zero-order valence-corrected chi connectivity index (χ0v) is 14.4. The van der Waals surface area contributed by atoms with Crippen molar-refractivity contribution >= 4 is 23.2 Å². The predicted octanol–water partition coefficient (Wildman–Crippen LogP) is 3.47. The maximum Gasteiger partial charge on any atom is 0.337 e. The van der Waals surface area contributed by atoms with E-state index in [4.69, 9.17) is 4.74 Å². The molecule has 0 radical (unpaired) electrons. The number of rotatable bonds is 6. The van der Waals surface area contributed by atoms with Crippen molar-refractivity contribution in [1.29, 1.82) is 0 Å². The zero-order valence-electron chi connectivity index (χ0n) is 13.5. The number of methoxy groups -OCH3 is 1. The number of carbonyl (C=O) groups is 2. The molecule has 0 saturated carbocycles. The topological polar surface area (TPSA) is 59.5 Å². The first-order valence-electron chi connectivity index (χ1n) is 7.45. The van der Waals surface area contributed by atoms with Gasteiger partial charge in [0.1, 0.15) is 5.01 Å². The minimum Gasteiger partial charge on any atom is -0.465 e. The molecule has 0 bridgehead atoms. The maximum atomic E-state index is 12.6. The van der Waals surface area contributed by atoms with Gasteiger partial charge in [0.25, 0.3) is 5.91 Å². The number of aromatic nitrogens is 1. The van der Waals surface area contributed by atoms with E-state index in [0.29, 0.717) is 17.7 Å². The van der Waals surface area contributed by atoms with Crippen molar-refractivity contribution in [2.24, 2.45) is 0 Å². The SMILES string of the molecule is CCCCN(C)C(=O)c1cc(C(=O)OC)cc(-c2nccs2)c1. The van der Waals surface area contributed by atoms with E-state index in [-0.39, 0.29) is 5.91 Å². The zero-order chi connectivity index (χ0) is 16.8. The van der Waals surface area contributed by atoms with Gasteiger partial charge in [-0.05, 0) is 24.6 Å². The summed E-state index contributed by atoms with van der Waals surface area (Å²) < 4.78 is 4.79. The Kier molecular flexibility index (Phi) is 5.87. The summed E-state index contributed by atoms with van der Waals surface area (Å²) in [6.45, 7) is 2.77. The summed E-state index contributed by atoms with van der Waals surface area (Å²) in [7, 11) is 3.10. The van der Waals surface area contributed by atoms with E-state index in [1.54, 1.807) is 36.3 Å². The Hall–Kier alpha value is -2.21. The van der Waals surface area contributed by atoms with Crippen molar-refractivity contribution in [2.75, 3.05) is 20.7 Å². The van der Waals surface area contributed by atoms with E-state index in [9.17, 15) is 9.59 Å². The molecule has 0 aliphatic heterocycles. The molecule has 0 saturated heterocycles. The van der Waals surface area contributed by atoms with Gasteiger partial charge in [-0.3, -0.25) is 4.79 Å². The van der Waals surface area contributed by atoms with Gasteiger partial charge >= 0.3 is 5.97 Å². The Bertz CT molecular complexity index is 683. The molecule has 0 atom stereocenters. The molecule has 23 heavy (non-hydrogen) atoms. The van der Waals surface area contributed by atoms with Crippen LogP contribution in [0.4, 0.5) is 0 Å². The number of hydrogen-bond donors (Lipinski definition) is 0. The van der Waals surface area contributed by atoms with Gasteiger partial charge in [0.05, 0.1) is 12.7 Å². The van der Waals surface area contributed by atoms with Gasteiger partial charge in [-0.15, -0.1) is 11.3 Å². The molecule has 0 unspecified atom stereocenters. The second-order valence-corrected chi connectivity index (χ2v) is 6.10. The lowest BCUT2D eigenvalue weighted by Crippen LogP contribution is -2.28. The number of amides is 1. The van der Waals surface area contributed by atoms with Crippen molar-refractivity contribution in [2.45, 2.75) is 19.8 Å². The molecule has 1 amide bonds. The van der Waals surface area contributed by atoms with Crippen LogP contribution in [-0.2, 0) is 4.74 Å². The van der Waals surface area contributed by atoms with Crippen LogP contribution in [-0.4, -0.2) is 42.5 Å². The number of benzene rings is 1. The number of carbonyl (C=O) groups excluding carboxylic acids is 2. The lowest BCUT2D eigenvalue weighted by molar-refractivity contribution is 0.0600. The Morgan fingerprint density at radius 1 is 1.26 bits per heavy atom. The molecule has 5 nitrogen and oxygen atoms in total. The molecule has 1 aromatic heterocycles. The summed E-state index contributed by atoms with van der Waals surface area (Å²) in [6, 6.07) is 5.05. The van der Waals surface area contributed by atoms with Gasteiger partial charge < -0.3 is 9.64 Å². The number of thiazole rings is 1. The highest BCUT2D eigenvalue weighted by Crippen LogP contribution is 2.25. The van der Waals surface area contributed by atoms with Crippen LogP contribution in [0.1, 0.15) is 40.5 Å². The Labute approximate surface area is 139 Å². The Morgan fingerprint density at radius 3 is 2.61 bits per heavy atom. The summed E-state index contributed by atoms with van der Waals surface area (Å²) in [5.41, 5.74) is 1.57. The van der Waals surface area contributed by atoms with Crippen LogP contribution >= 0.6 is 11.3 Å². The molecule has 0 spiro atoms. The molecule has 2 aromatic rings. The van der Waals surface area contributed by atoms with Gasteiger partial charge in [-0.1, -0.05) is 13.3 Å². The molecule has 0 aliphatic rings. The number of nitrogens with zero attached hydrogens (tertiary/aromatic N) is 2. The van der Waals surface area contributed by atoms with Crippen molar-refractivity contribution in [3.05, 3.63) is 40.9 Å². The van der Waals surface area contributed by atoms with Crippen LogP contribution in [0.3, 0.4) is 0 Å². The quantitative estimate of drug-likeness (QED) is 0.760. The van der Waals surface area contributed by atoms with E-state index in [1.807, 2.05) is 5.38 Å². The highest BCUT2D eigenvalue weighted by molar-refractivity contribution is 7.13. The first-order chi connectivity index (χ1) is 11.1. The third kappa shape index (κ3) is 4.16. The first-order valence-corrected chi connectivity index (χ1v) is 8.33. The fourth-order valence-electron chi connectivity index (χ4n) is 2.19. The highest BCUT2D eigenvalue weighted by Gasteiger charge is 2.17. The minimum atomic E-state index is -0.464.